The quantitative estimate of drug-likeness (QED) is 0.378. The van der Waals surface area contributed by atoms with Crippen molar-refractivity contribution < 1.29 is 14.3 Å². The van der Waals surface area contributed by atoms with Crippen LogP contribution in [0.4, 0.5) is 5.69 Å². The van der Waals surface area contributed by atoms with Crippen LogP contribution < -0.4 is 0 Å². The zero-order chi connectivity index (χ0) is 17.9. The number of carbonyl (C=O) groups excluding carboxylic acids is 2. The number of rotatable bonds is 9. The highest BCUT2D eigenvalue weighted by atomic mass is 16.5. The second kappa shape index (κ2) is 10.5. The van der Waals surface area contributed by atoms with Gasteiger partial charge in [-0.3, -0.25) is 4.79 Å². The summed E-state index contributed by atoms with van der Waals surface area (Å²) in [7, 11) is 1.62. The maximum atomic E-state index is 12.4. The van der Waals surface area contributed by atoms with Gasteiger partial charge in [-0.25, -0.2) is 9.80 Å². The first-order valence-electron chi connectivity index (χ1n) is 8.49. The minimum absolute atomic E-state index is 0.00450. The predicted octanol–water partition coefficient (Wildman–Crippen LogP) is 4.54. The standard InChI is InChI=1S/C18H27N3O3/c1-5-8-14(9-6-2)17(22)21(4)20-19-16-12-10-15(11-13-16)18(23)24-7-3/h10-14H,5-9H2,1-4H3. The van der Waals surface area contributed by atoms with E-state index in [1.807, 2.05) is 0 Å². The van der Waals surface area contributed by atoms with Crippen molar-refractivity contribution in [2.45, 2.75) is 46.5 Å². The molecule has 1 aromatic carbocycles. The molecule has 0 aliphatic heterocycles. The molecule has 0 bridgehead atoms. The highest BCUT2D eigenvalue weighted by Crippen LogP contribution is 2.18. The van der Waals surface area contributed by atoms with Gasteiger partial charge in [0.25, 0.3) is 0 Å². The van der Waals surface area contributed by atoms with E-state index in [2.05, 4.69) is 24.2 Å². The van der Waals surface area contributed by atoms with Crippen molar-refractivity contribution in [3.63, 3.8) is 0 Å². The first-order valence-corrected chi connectivity index (χ1v) is 8.49. The molecule has 6 heteroatoms. The Balaban J connectivity index is 2.70. The highest BCUT2D eigenvalue weighted by Gasteiger charge is 2.20. The highest BCUT2D eigenvalue weighted by molar-refractivity contribution is 5.89. The van der Waals surface area contributed by atoms with Gasteiger partial charge in [0, 0.05) is 13.0 Å². The molecule has 1 rings (SSSR count). The molecule has 0 saturated carbocycles. The van der Waals surface area contributed by atoms with E-state index >= 15 is 0 Å². The molecular formula is C18H27N3O3. The Kier molecular flexibility index (Phi) is 8.68. The van der Waals surface area contributed by atoms with E-state index in [-0.39, 0.29) is 17.8 Å². The molecular weight excluding hydrogens is 306 g/mol. The molecule has 0 atom stereocenters. The maximum absolute atomic E-state index is 12.4. The fourth-order valence-corrected chi connectivity index (χ4v) is 2.39. The third kappa shape index (κ3) is 6.10. The Morgan fingerprint density at radius 2 is 1.67 bits per heavy atom. The van der Waals surface area contributed by atoms with Crippen molar-refractivity contribution >= 4 is 17.6 Å². The number of hydrogen-bond donors (Lipinski definition) is 0. The van der Waals surface area contributed by atoms with Crippen molar-refractivity contribution in [1.29, 1.82) is 0 Å². The lowest BCUT2D eigenvalue weighted by molar-refractivity contribution is -0.135. The smallest absolute Gasteiger partial charge is 0.338 e. The molecule has 0 aromatic heterocycles. The molecule has 0 unspecified atom stereocenters. The van der Waals surface area contributed by atoms with E-state index < -0.39 is 0 Å². The maximum Gasteiger partial charge on any atom is 0.338 e. The van der Waals surface area contributed by atoms with Gasteiger partial charge in [-0.2, -0.15) is 0 Å². The van der Waals surface area contributed by atoms with Crippen molar-refractivity contribution in [3.05, 3.63) is 29.8 Å². The molecule has 6 nitrogen and oxygen atoms in total. The summed E-state index contributed by atoms with van der Waals surface area (Å²) in [5.41, 5.74) is 1.04. The summed E-state index contributed by atoms with van der Waals surface area (Å²) in [5, 5.41) is 9.34. The van der Waals surface area contributed by atoms with Crippen LogP contribution in [0.15, 0.2) is 34.6 Å². The topological polar surface area (TPSA) is 71.3 Å². The molecule has 0 fully saturated rings. The van der Waals surface area contributed by atoms with Crippen LogP contribution in [0.1, 0.15) is 56.8 Å². The summed E-state index contributed by atoms with van der Waals surface area (Å²) >= 11 is 0. The van der Waals surface area contributed by atoms with E-state index in [9.17, 15) is 9.59 Å². The first-order chi connectivity index (χ1) is 11.5. The van der Waals surface area contributed by atoms with Crippen LogP contribution in [-0.4, -0.2) is 30.5 Å². The Labute approximate surface area is 143 Å². The zero-order valence-electron chi connectivity index (χ0n) is 15.0. The summed E-state index contributed by atoms with van der Waals surface area (Å²) < 4.78 is 4.92. The molecule has 1 aromatic rings. The monoisotopic (exact) mass is 333 g/mol. The van der Waals surface area contributed by atoms with Crippen molar-refractivity contribution in [1.82, 2.24) is 5.01 Å². The third-order valence-electron chi connectivity index (χ3n) is 3.62. The Bertz CT molecular complexity index is 549. The van der Waals surface area contributed by atoms with Gasteiger partial charge in [0.05, 0.1) is 17.9 Å². The van der Waals surface area contributed by atoms with Crippen molar-refractivity contribution in [2.24, 2.45) is 16.3 Å². The summed E-state index contributed by atoms with van der Waals surface area (Å²) in [6.45, 7) is 6.24. The van der Waals surface area contributed by atoms with Gasteiger partial charge in [-0.05, 0) is 44.0 Å². The minimum Gasteiger partial charge on any atom is -0.462 e. The summed E-state index contributed by atoms with van der Waals surface area (Å²) in [6.07, 6.45) is 3.66. The van der Waals surface area contributed by atoms with Gasteiger partial charge in [0.1, 0.15) is 0 Å². The minimum atomic E-state index is -0.366. The third-order valence-corrected chi connectivity index (χ3v) is 3.62. The fourth-order valence-electron chi connectivity index (χ4n) is 2.39. The summed E-state index contributed by atoms with van der Waals surface area (Å²) in [5.74, 6) is -0.379. The largest absolute Gasteiger partial charge is 0.462 e. The average Bonchev–Trinajstić information content (AvgIpc) is 2.59. The molecule has 132 valence electrons. The molecule has 0 spiro atoms. The van der Waals surface area contributed by atoms with Crippen LogP contribution in [0.2, 0.25) is 0 Å². The van der Waals surface area contributed by atoms with E-state index in [1.165, 1.54) is 5.01 Å². The molecule has 0 aliphatic carbocycles. The van der Waals surface area contributed by atoms with Gasteiger partial charge in [0.15, 0.2) is 0 Å². The molecule has 0 heterocycles. The molecule has 0 saturated heterocycles. The predicted molar refractivity (Wildman–Crippen MR) is 93.0 cm³/mol. The van der Waals surface area contributed by atoms with Gasteiger partial charge < -0.3 is 4.74 Å². The number of amides is 1. The van der Waals surface area contributed by atoms with E-state index in [0.717, 1.165) is 25.7 Å². The van der Waals surface area contributed by atoms with Crippen LogP contribution in [0.5, 0.6) is 0 Å². The van der Waals surface area contributed by atoms with Crippen LogP contribution in [0, 0.1) is 5.92 Å². The van der Waals surface area contributed by atoms with Gasteiger partial charge in [-0.1, -0.05) is 31.9 Å². The van der Waals surface area contributed by atoms with Gasteiger partial charge in [-0.15, -0.1) is 5.11 Å². The summed E-state index contributed by atoms with van der Waals surface area (Å²) in [4.78, 5) is 24.0. The van der Waals surface area contributed by atoms with E-state index in [1.54, 1.807) is 38.2 Å². The van der Waals surface area contributed by atoms with Crippen LogP contribution in [0.3, 0.4) is 0 Å². The second-order valence-corrected chi connectivity index (χ2v) is 5.59. The van der Waals surface area contributed by atoms with Gasteiger partial charge >= 0.3 is 5.97 Å². The van der Waals surface area contributed by atoms with Gasteiger partial charge in [0.2, 0.25) is 5.91 Å². The number of benzene rings is 1. The molecule has 24 heavy (non-hydrogen) atoms. The number of ether oxygens (including phenoxy) is 1. The zero-order valence-corrected chi connectivity index (χ0v) is 15.0. The number of nitrogens with zero attached hydrogens (tertiary/aromatic N) is 3. The lowest BCUT2D eigenvalue weighted by atomic mass is 9.97. The normalized spacial score (nSPS) is 11.0. The van der Waals surface area contributed by atoms with E-state index in [4.69, 9.17) is 4.74 Å². The average molecular weight is 333 g/mol. The SMILES string of the molecule is CCCC(CCC)C(=O)N(C)N=Nc1ccc(C(=O)OCC)cc1. The first kappa shape index (κ1) is 19.8. The Morgan fingerprint density at radius 1 is 1.08 bits per heavy atom. The molecule has 0 radical (unpaired) electrons. The lowest BCUT2D eigenvalue weighted by Gasteiger charge is -2.18. The van der Waals surface area contributed by atoms with Crippen LogP contribution >= 0.6 is 0 Å². The second-order valence-electron chi connectivity index (χ2n) is 5.59. The fraction of sp³-hybridized carbons (Fsp3) is 0.556. The van der Waals surface area contributed by atoms with Crippen LogP contribution in [-0.2, 0) is 9.53 Å². The van der Waals surface area contributed by atoms with Crippen LogP contribution in [0.25, 0.3) is 0 Å². The number of esters is 1. The molecule has 1 amide bonds. The van der Waals surface area contributed by atoms with Crippen molar-refractivity contribution in [2.75, 3.05) is 13.7 Å². The number of carbonyl (C=O) groups is 2. The lowest BCUT2D eigenvalue weighted by Crippen LogP contribution is -2.28. The Hall–Kier alpha value is -2.24. The summed E-state index contributed by atoms with van der Waals surface area (Å²) in [6, 6.07) is 6.60. The van der Waals surface area contributed by atoms with Crippen molar-refractivity contribution in [3.8, 4) is 0 Å². The Morgan fingerprint density at radius 3 is 2.17 bits per heavy atom. The van der Waals surface area contributed by atoms with E-state index in [0.29, 0.717) is 17.9 Å². The molecule has 0 aliphatic rings. The molecule has 0 N–H and O–H groups in total. The number of hydrogen-bond acceptors (Lipinski definition) is 5.